The first-order chi connectivity index (χ1) is 13.4. The molecule has 0 radical (unpaired) electrons. The molecule has 2 amide bonds. The molecule has 3 aliphatic rings. The molecule has 3 fully saturated rings. The second kappa shape index (κ2) is 7.47. The molecule has 2 bridgehead atoms. The van der Waals surface area contributed by atoms with Gasteiger partial charge in [0.05, 0.1) is 24.2 Å². The van der Waals surface area contributed by atoms with Gasteiger partial charge in [0.25, 0.3) is 0 Å². The van der Waals surface area contributed by atoms with Crippen LogP contribution in [-0.4, -0.2) is 36.7 Å². The van der Waals surface area contributed by atoms with Crippen molar-refractivity contribution in [3.05, 3.63) is 29.6 Å². The van der Waals surface area contributed by atoms with Gasteiger partial charge in [0.1, 0.15) is 5.82 Å². The van der Waals surface area contributed by atoms with Crippen molar-refractivity contribution in [2.45, 2.75) is 37.3 Å². The van der Waals surface area contributed by atoms with Crippen LogP contribution in [0, 0.1) is 17.7 Å². The topological polar surface area (TPSA) is 67.4 Å². The van der Waals surface area contributed by atoms with E-state index in [2.05, 4.69) is 5.32 Å². The standard InChI is InChI=1S/C17H15F7N2O3/c18-10-3-2-8(5-9(10)16(19,20)21)25-14(27)12-11-4-1-7(6-29-11)13(12)26-15(28)17(22,23)24/h2-3,5,7,11-13H,1,4,6H2,(H,25,27)(H,26,28)/t7?,11?,12-,13+/m0/s1. The summed E-state index contributed by atoms with van der Waals surface area (Å²) in [7, 11) is 0. The third-order valence-electron chi connectivity index (χ3n) is 5.04. The van der Waals surface area contributed by atoms with Crippen molar-refractivity contribution in [3.63, 3.8) is 0 Å². The van der Waals surface area contributed by atoms with Crippen LogP contribution in [0.15, 0.2) is 18.2 Å². The molecule has 2 saturated heterocycles. The van der Waals surface area contributed by atoms with Gasteiger partial charge in [-0.3, -0.25) is 9.59 Å². The molecule has 4 rings (SSSR count). The Bertz CT molecular complexity index is 801. The summed E-state index contributed by atoms with van der Waals surface area (Å²) in [4.78, 5) is 24.0. The van der Waals surface area contributed by atoms with Crippen LogP contribution in [0.5, 0.6) is 0 Å². The third kappa shape index (κ3) is 4.46. The van der Waals surface area contributed by atoms with Gasteiger partial charge in [0, 0.05) is 17.6 Å². The van der Waals surface area contributed by atoms with E-state index in [0.29, 0.717) is 25.0 Å². The predicted molar refractivity (Wildman–Crippen MR) is 84.0 cm³/mol. The SMILES string of the molecule is O=C(Nc1ccc(F)c(C(F)(F)F)c1)[C@H]1C2CCC(CO2)[C@H]1NC(=O)C(F)(F)F. The molecule has 29 heavy (non-hydrogen) atoms. The van der Waals surface area contributed by atoms with Crippen LogP contribution in [-0.2, 0) is 20.5 Å². The minimum absolute atomic E-state index is 0.0476. The summed E-state index contributed by atoms with van der Waals surface area (Å²) in [6.45, 7) is 0.0476. The highest BCUT2D eigenvalue weighted by Gasteiger charge is 2.51. The minimum Gasteiger partial charge on any atom is -0.377 e. The number of nitrogens with one attached hydrogen (secondary N) is 2. The van der Waals surface area contributed by atoms with Crippen molar-refractivity contribution < 1.29 is 45.1 Å². The van der Waals surface area contributed by atoms with Crippen molar-refractivity contribution in [1.82, 2.24) is 5.32 Å². The Hall–Kier alpha value is -2.37. The molecule has 1 aromatic carbocycles. The summed E-state index contributed by atoms with van der Waals surface area (Å²) in [6.07, 6.45) is -10.2. The minimum atomic E-state index is -5.16. The van der Waals surface area contributed by atoms with E-state index in [9.17, 15) is 40.3 Å². The number of halogens is 7. The molecule has 1 aromatic rings. The van der Waals surface area contributed by atoms with Gasteiger partial charge in [0.15, 0.2) is 0 Å². The van der Waals surface area contributed by atoms with E-state index in [1.165, 1.54) is 0 Å². The van der Waals surface area contributed by atoms with Gasteiger partial charge >= 0.3 is 18.3 Å². The van der Waals surface area contributed by atoms with Gasteiger partial charge in [0.2, 0.25) is 5.91 Å². The maximum atomic E-state index is 13.4. The summed E-state index contributed by atoms with van der Waals surface area (Å²) in [6, 6.07) is 0.607. The number of anilines is 1. The Balaban J connectivity index is 1.82. The summed E-state index contributed by atoms with van der Waals surface area (Å²) in [5.74, 6) is -6.47. The molecule has 1 aliphatic carbocycles. The Morgan fingerprint density at radius 3 is 2.31 bits per heavy atom. The van der Waals surface area contributed by atoms with Gasteiger partial charge < -0.3 is 15.4 Å². The molecule has 12 heteroatoms. The Labute approximate surface area is 159 Å². The fraction of sp³-hybridized carbons (Fsp3) is 0.529. The zero-order valence-corrected chi connectivity index (χ0v) is 14.5. The van der Waals surface area contributed by atoms with Crippen LogP contribution in [0.1, 0.15) is 18.4 Å². The van der Waals surface area contributed by atoms with E-state index >= 15 is 0 Å². The van der Waals surface area contributed by atoms with Gasteiger partial charge in [-0.25, -0.2) is 4.39 Å². The lowest BCUT2D eigenvalue weighted by Crippen LogP contribution is -2.62. The second-order valence-electron chi connectivity index (χ2n) is 6.91. The second-order valence-corrected chi connectivity index (χ2v) is 6.91. The normalized spacial score (nSPS) is 26.9. The van der Waals surface area contributed by atoms with E-state index < -0.39 is 59.5 Å². The van der Waals surface area contributed by atoms with Crippen LogP contribution >= 0.6 is 0 Å². The van der Waals surface area contributed by atoms with Crippen molar-refractivity contribution in [2.24, 2.45) is 11.8 Å². The van der Waals surface area contributed by atoms with Gasteiger partial charge in [-0.2, -0.15) is 26.3 Å². The largest absolute Gasteiger partial charge is 0.471 e. The molecular weight excluding hydrogens is 413 g/mol. The lowest BCUT2D eigenvalue weighted by atomic mass is 9.72. The quantitative estimate of drug-likeness (QED) is 0.727. The molecule has 2 unspecified atom stereocenters. The molecule has 2 N–H and O–H groups in total. The molecule has 160 valence electrons. The number of benzene rings is 1. The van der Waals surface area contributed by atoms with E-state index in [1.807, 2.05) is 5.32 Å². The zero-order valence-electron chi connectivity index (χ0n) is 14.5. The summed E-state index contributed by atoms with van der Waals surface area (Å²) < 4.78 is 95.2. The number of hydrogen-bond donors (Lipinski definition) is 2. The highest BCUT2D eigenvalue weighted by molar-refractivity contribution is 5.94. The highest BCUT2D eigenvalue weighted by atomic mass is 19.4. The molecule has 0 aromatic heterocycles. The van der Waals surface area contributed by atoms with E-state index in [0.717, 1.165) is 6.07 Å². The lowest BCUT2D eigenvalue weighted by molar-refractivity contribution is -0.180. The van der Waals surface area contributed by atoms with Gasteiger partial charge in [-0.1, -0.05) is 0 Å². The van der Waals surface area contributed by atoms with Crippen LogP contribution in [0.2, 0.25) is 0 Å². The molecule has 4 atom stereocenters. The van der Waals surface area contributed by atoms with Crippen LogP contribution < -0.4 is 10.6 Å². The first kappa shape index (κ1) is 21.3. The Kier molecular flexibility index (Phi) is 5.50. The molecular formula is C17H15F7N2O3. The number of alkyl halides is 6. The molecule has 2 heterocycles. The third-order valence-corrected chi connectivity index (χ3v) is 5.04. The molecule has 2 aliphatic heterocycles. The van der Waals surface area contributed by atoms with Crippen LogP contribution in [0.4, 0.5) is 36.4 Å². The van der Waals surface area contributed by atoms with Gasteiger partial charge in [-0.15, -0.1) is 0 Å². The average Bonchev–Trinajstić information content (AvgIpc) is 2.62. The lowest BCUT2D eigenvalue weighted by Gasteiger charge is -2.47. The van der Waals surface area contributed by atoms with Gasteiger partial charge in [-0.05, 0) is 31.0 Å². The van der Waals surface area contributed by atoms with E-state index in [1.54, 1.807) is 0 Å². The Morgan fingerprint density at radius 1 is 1.07 bits per heavy atom. The predicted octanol–water partition coefficient (Wildman–Crippen LogP) is 3.26. The number of carbonyl (C=O) groups is 2. The van der Waals surface area contributed by atoms with Crippen LogP contribution in [0.25, 0.3) is 0 Å². The highest BCUT2D eigenvalue weighted by Crippen LogP contribution is 2.39. The number of rotatable bonds is 3. The maximum Gasteiger partial charge on any atom is 0.471 e. The zero-order chi connectivity index (χ0) is 21.6. The number of ether oxygens (including phenoxy) is 1. The average molecular weight is 428 g/mol. The summed E-state index contributed by atoms with van der Waals surface area (Å²) >= 11 is 0. The van der Waals surface area contributed by atoms with Crippen molar-refractivity contribution in [2.75, 3.05) is 11.9 Å². The number of carbonyl (C=O) groups excluding carboxylic acids is 2. The van der Waals surface area contributed by atoms with Crippen molar-refractivity contribution in [1.29, 1.82) is 0 Å². The maximum absolute atomic E-state index is 13.4. The number of fused-ring (bicyclic) bond motifs is 3. The van der Waals surface area contributed by atoms with Crippen molar-refractivity contribution >= 4 is 17.5 Å². The Morgan fingerprint density at radius 2 is 1.76 bits per heavy atom. The fourth-order valence-electron chi connectivity index (χ4n) is 3.70. The summed E-state index contributed by atoms with van der Waals surface area (Å²) in [5.41, 5.74) is -1.98. The molecule has 5 nitrogen and oxygen atoms in total. The van der Waals surface area contributed by atoms with E-state index in [-0.39, 0.29) is 12.3 Å². The smallest absolute Gasteiger partial charge is 0.377 e. The summed E-state index contributed by atoms with van der Waals surface area (Å²) in [5, 5.41) is 3.97. The van der Waals surface area contributed by atoms with E-state index in [4.69, 9.17) is 4.74 Å². The number of hydrogen-bond acceptors (Lipinski definition) is 3. The monoisotopic (exact) mass is 428 g/mol. The number of amides is 2. The van der Waals surface area contributed by atoms with Crippen molar-refractivity contribution in [3.8, 4) is 0 Å². The molecule has 0 spiro atoms. The fourth-order valence-corrected chi connectivity index (χ4v) is 3.70. The first-order valence-corrected chi connectivity index (χ1v) is 8.55. The van der Waals surface area contributed by atoms with Crippen LogP contribution in [0.3, 0.4) is 0 Å². The molecule has 1 saturated carbocycles. The first-order valence-electron chi connectivity index (χ1n) is 8.55.